The molecule has 0 bridgehead atoms. The van der Waals surface area contributed by atoms with Gasteiger partial charge in [0.25, 0.3) is 0 Å². The molecule has 0 amide bonds. The molecule has 4 nitrogen and oxygen atoms in total. The minimum Gasteiger partial charge on any atom is -0.453 e. The quantitative estimate of drug-likeness (QED) is 0.622. The van der Waals surface area contributed by atoms with Crippen LogP contribution in [0.15, 0.2) is 48.5 Å². The Hall–Kier alpha value is -2.62. The highest BCUT2D eigenvalue weighted by molar-refractivity contribution is 5.99. The third kappa shape index (κ3) is 3.16. The van der Waals surface area contributed by atoms with Gasteiger partial charge in [-0.2, -0.15) is 0 Å². The van der Waals surface area contributed by atoms with Crippen LogP contribution in [-0.2, 0) is 4.74 Å². The van der Waals surface area contributed by atoms with Gasteiger partial charge in [0.1, 0.15) is 6.10 Å². The lowest BCUT2D eigenvalue weighted by Gasteiger charge is -2.28. The Bertz CT molecular complexity index is 791. The monoisotopic (exact) mass is 335 g/mol. The number of hydrogen-bond donors (Lipinski definition) is 0. The predicted molar refractivity (Wildman–Crippen MR) is 96.1 cm³/mol. The van der Waals surface area contributed by atoms with Crippen LogP contribution < -0.4 is 4.90 Å². The van der Waals surface area contributed by atoms with E-state index in [2.05, 4.69) is 4.90 Å². The van der Waals surface area contributed by atoms with E-state index >= 15 is 0 Å². The van der Waals surface area contributed by atoms with Gasteiger partial charge in [0.15, 0.2) is 5.78 Å². The lowest BCUT2D eigenvalue weighted by atomic mass is 9.98. The Kier molecular flexibility index (Phi) is 4.26. The molecular formula is C21H21NO3. The Morgan fingerprint density at radius 2 is 1.72 bits per heavy atom. The molecule has 0 aromatic heterocycles. The van der Waals surface area contributed by atoms with Gasteiger partial charge in [-0.05, 0) is 49.6 Å². The Morgan fingerprint density at radius 3 is 2.48 bits per heavy atom. The van der Waals surface area contributed by atoms with E-state index in [-0.39, 0.29) is 18.2 Å². The summed E-state index contributed by atoms with van der Waals surface area (Å²) in [6.45, 7) is 2.17. The van der Waals surface area contributed by atoms with Crippen LogP contribution in [-0.4, -0.2) is 24.8 Å². The molecule has 1 saturated heterocycles. The Morgan fingerprint density at radius 1 is 1.00 bits per heavy atom. The number of esters is 1. The average Bonchev–Trinajstić information content (AvgIpc) is 2.98. The fourth-order valence-corrected chi connectivity index (χ4v) is 3.67. The summed E-state index contributed by atoms with van der Waals surface area (Å²) in [4.78, 5) is 26.8. The molecular weight excluding hydrogens is 314 g/mol. The number of Topliss-reactive ketones (excluding diaryl/α,β-unsaturated/α-hetero) is 1. The molecule has 0 spiro atoms. The van der Waals surface area contributed by atoms with Crippen LogP contribution in [0.25, 0.3) is 0 Å². The lowest BCUT2D eigenvalue weighted by Crippen LogP contribution is -2.29. The first-order valence-corrected chi connectivity index (χ1v) is 8.90. The van der Waals surface area contributed by atoms with Crippen molar-refractivity contribution in [1.29, 1.82) is 0 Å². The number of hydrogen-bond acceptors (Lipinski definition) is 4. The Labute approximate surface area is 147 Å². The molecule has 1 atom stereocenters. The number of benzene rings is 2. The summed E-state index contributed by atoms with van der Waals surface area (Å²) < 4.78 is 5.37. The molecule has 25 heavy (non-hydrogen) atoms. The third-order valence-corrected chi connectivity index (χ3v) is 5.06. The van der Waals surface area contributed by atoms with Crippen molar-refractivity contribution in [3.05, 3.63) is 65.2 Å². The van der Waals surface area contributed by atoms with Crippen LogP contribution in [0, 0.1) is 0 Å². The van der Waals surface area contributed by atoms with Crippen LogP contribution in [0.4, 0.5) is 5.69 Å². The van der Waals surface area contributed by atoms with Crippen molar-refractivity contribution in [2.75, 3.05) is 18.0 Å². The van der Waals surface area contributed by atoms with Gasteiger partial charge in [0.2, 0.25) is 0 Å². The maximum Gasteiger partial charge on any atom is 0.339 e. The highest BCUT2D eigenvalue weighted by Gasteiger charge is 2.32. The van der Waals surface area contributed by atoms with Crippen LogP contribution in [0.1, 0.15) is 58.1 Å². The van der Waals surface area contributed by atoms with E-state index in [0.29, 0.717) is 11.1 Å². The molecule has 0 radical (unpaired) electrons. The number of nitrogens with zero attached hydrogens (tertiary/aromatic N) is 1. The zero-order valence-corrected chi connectivity index (χ0v) is 14.1. The van der Waals surface area contributed by atoms with E-state index in [9.17, 15) is 9.59 Å². The molecule has 1 fully saturated rings. The average molecular weight is 335 g/mol. The van der Waals surface area contributed by atoms with Gasteiger partial charge in [0.05, 0.1) is 12.0 Å². The highest BCUT2D eigenvalue weighted by Crippen LogP contribution is 2.33. The molecule has 0 unspecified atom stereocenters. The van der Waals surface area contributed by atoms with Crippen LogP contribution in [0.5, 0.6) is 0 Å². The molecule has 0 N–H and O–H groups in total. The van der Waals surface area contributed by atoms with E-state index in [1.54, 1.807) is 6.07 Å². The van der Waals surface area contributed by atoms with Gasteiger partial charge in [-0.3, -0.25) is 4.79 Å². The van der Waals surface area contributed by atoms with Gasteiger partial charge in [-0.25, -0.2) is 4.79 Å². The number of piperidine rings is 1. The van der Waals surface area contributed by atoms with Crippen LogP contribution in [0.3, 0.4) is 0 Å². The van der Waals surface area contributed by atoms with Crippen molar-refractivity contribution in [3.63, 3.8) is 0 Å². The second-order valence-corrected chi connectivity index (χ2v) is 6.70. The number of ketones is 1. The number of anilines is 1. The van der Waals surface area contributed by atoms with Gasteiger partial charge < -0.3 is 9.64 Å². The molecule has 4 rings (SSSR count). The van der Waals surface area contributed by atoms with Crippen molar-refractivity contribution in [2.24, 2.45) is 0 Å². The zero-order chi connectivity index (χ0) is 17.2. The van der Waals surface area contributed by atoms with Crippen molar-refractivity contribution < 1.29 is 14.3 Å². The number of ether oxygens (including phenoxy) is 1. The molecule has 2 aliphatic rings. The maximum atomic E-state index is 12.6. The lowest BCUT2D eigenvalue weighted by molar-refractivity contribution is 0.0367. The molecule has 4 heteroatoms. The maximum absolute atomic E-state index is 12.6. The molecule has 128 valence electrons. The summed E-state index contributed by atoms with van der Waals surface area (Å²) in [7, 11) is 0. The summed E-state index contributed by atoms with van der Waals surface area (Å²) >= 11 is 0. The normalized spacial score (nSPS) is 19.4. The van der Waals surface area contributed by atoms with Gasteiger partial charge >= 0.3 is 5.97 Å². The first kappa shape index (κ1) is 15.9. The fourth-order valence-electron chi connectivity index (χ4n) is 3.67. The van der Waals surface area contributed by atoms with Crippen LogP contribution in [0.2, 0.25) is 0 Å². The van der Waals surface area contributed by atoms with Gasteiger partial charge in [-0.15, -0.1) is 0 Å². The van der Waals surface area contributed by atoms with Crippen molar-refractivity contribution in [3.8, 4) is 0 Å². The zero-order valence-electron chi connectivity index (χ0n) is 14.1. The molecule has 0 aliphatic carbocycles. The molecule has 2 aliphatic heterocycles. The summed E-state index contributed by atoms with van der Waals surface area (Å²) in [6.07, 6.45) is 3.47. The smallest absolute Gasteiger partial charge is 0.339 e. The van der Waals surface area contributed by atoms with E-state index in [0.717, 1.165) is 18.7 Å². The van der Waals surface area contributed by atoms with E-state index in [1.165, 1.54) is 24.9 Å². The summed E-state index contributed by atoms with van der Waals surface area (Å²) in [5, 5.41) is 0. The minimum atomic E-state index is -0.474. The number of rotatable bonds is 4. The number of carbonyl (C=O) groups excluding carboxylic acids is 2. The largest absolute Gasteiger partial charge is 0.453 e. The van der Waals surface area contributed by atoms with E-state index < -0.39 is 6.10 Å². The van der Waals surface area contributed by atoms with Gasteiger partial charge in [-0.1, -0.05) is 18.2 Å². The second kappa shape index (κ2) is 6.71. The van der Waals surface area contributed by atoms with E-state index in [4.69, 9.17) is 4.74 Å². The Balaban J connectivity index is 1.46. The van der Waals surface area contributed by atoms with Crippen LogP contribution >= 0.6 is 0 Å². The first-order valence-electron chi connectivity index (χ1n) is 8.90. The van der Waals surface area contributed by atoms with Crippen molar-refractivity contribution in [2.45, 2.75) is 31.8 Å². The van der Waals surface area contributed by atoms with Crippen molar-refractivity contribution >= 4 is 17.4 Å². The fraction of sp³-hybridized carbons (Fsp3) is 0.333. The topological polar surface area (TPSA) is 46.6 Å². The first-order chi connectivity index (χ1) is 12.2. The summed E-state index contributed by atoms with van der Waals surface area (Å²) in [5.74, 6) is -0.339. The summed E-state index contributed by atoms with van der Waals surface area (Å²) in [5.41, 5.74) is 3.22. The standard InChI is InChI=1S/C21H21NO3/c23-19(14-20-17-6-2-3-7-18(17)21(24)25-20)15-8-10-16(11-9-15)22-12-4-1-5-13-22/h2-3,6-11,20H,1,4-5,12-14H2/t20-/m0/s1. The second-order valence-electron chi connectivity index (χ2n) is 6.70. The third-order valence-electron chi connectivity index (χ3n) is 5.06. The van der Waals surface area contributed by atoms with E-state index in [1.807, 2.05) is 42.5 Å². The molecule has 2 aromatic rings. The SMILES string of the molecule is O=C(C[C@@H]1OC(=O)c2ccccc21)c1ccc(N2CCCCC2)cc1. The highest BCUT2D eigenvalue weighted by atomic mass is 16.5. The number of fused-ring (bicyclic) bond motifs is 1. The summed E-state index contributed by atoms with van der Waals surface area (Å²) in [6, 6.07) is 15.1. The minimum absolute atomic E-state index is 0.000280. The number of cyclic esters (lactones) is 1. The molecule has 2 aromatic carbocycles. The van der Waals surface area contributed by atoms with Gasteiger partial charge in [0, 0.05) is 29.9 Å². The molecule has 0 saturated carbocycles. The number of carbonyl (C=O) groups is 2. The molecule has 2 heterocycles. The van der Waals surface area contributed by atoms with Crippen molar-refractivity contribution in [1.82, 2.24) is 0 Å². The predicted octanol–water partition coefficient (Wildman–Crippen LogP) is 4.16.